The summed E-state index contributed by atoms with van der Waals surface area (Å²) in [5.74, 6) is 0.725. The van der Waals surface area contributed by atoms with Gasteiger partial charge in [-0.15, -0.1) is 0 Å². The number of hydrogen-bond donors (Lipinski definition) is 1. The van der Waals surface area contributed by atoms with E-state index in [1.54, 1.807) is 7.11 Å². The molecule has 0 spiro atoms. The van der Waals surface area contributed by atoms with Crippen LogP contribution in [0.1, 0.15) is 17.7 Å². The topological polar surface area (TPSA) is 40.2 Å². The summed E-state index contributed by atoms with van der Waals surface area (Å²) in [6.45, 7) is 2.85. The van der Waals surface area contributed by atoms with Gasteiger partial charge in [0, 0.05) is 23.6 Å². The molecule has 0 aliphatic carbocycles. The number of halogens is 1. The number of hydrogen-bond acceptors (Lipinski definition) is 2. The second-order valence-corrected chi connectivity index (χ2v) is 4.93. The molecule has 0 amide bonds. The predicted octanol–water partition coefficient (Wildman–Crippen LogP) is 3.04. The lowest BCUT2D eigenvalue weighted by molar-refractivity contribution is 0.415. The van der Waals surface area contributed by atoms with Crippen molar-refractivity contribution in [2.24, 2.45) is 12.8 Å². The molecule has 2 rings (SSSR count). The van der Waals surface area contributed by atoms with Gasteiger partial charge in [0.25, 0.3) is 0 Å². The highest BCUT2D eigenvalue weighted by atomic mass is 35.5. The van der Waals surface area contributed by atoms with Crippen molar-refractivity contribution in [3.05, 3.63) is 28.4 Å². The molecule has 0 aliphatic rings. The van der Waals surface area contributed by atoms with E-state index in [4.69, 9.17) is 22.1 Å². The van der Waals surface area contributed by atoms with Crippen LogP contribution in [0.2, 0.25) is 5.02 Å². The highest BCUT2D eigenvalue weighted by Crippen LogP contribution is 2.34. The first-order valence-electron chi connectivity index (χ1n) is 6.11. The van der Waals surface area contributed by atoms with Crippen molar-refractivity contribution < 1.29 is 4.74 Å². The van der Waals surface area contributed by atoms with Crippen molar-refractivity contribution in [3.63, 3.8) is 0 Å². The molecule has 0 saturated carbocycles. The van der Waals surface area contributed by atoms with Gasteiger partial charge < -0.3 is 15.0 Å². The standard InChI is InChI=1S/C14H19ClN2O/c1-9-10-7-14(18-3)11(15)8-13(10)17(2)12(9)5-4-6-16/h7-8H,4-6,16H2,1-3H3. The van der Waals surface area contributed by atoms with E-state index in [9.17, 15) is 0 Å². The van der Waals surface area contributed by atoms with Crippen LogP contribution in [-0.2, 0) is 13.5 Å². The van der Waals surface area contributed by atoms with Crippen LogP contribution in [-0.4, -0.2) is 18.2 Å². The zero-order chi connectivity index (χ0) is 13.3. The van der Waals surface area contributed by atoms with Crippen molar-refractivity contribution in [3.8, 4) is 5.75 Å². The van der Waals surface area contributed by atoms with Gasteiger partial charge in [0.15, 0.2) is 0 Å². The molecule has 0 bridgehead atoms. The van der Waals surface area contributed by atoms with Crippen LogP contribution >= 0.6 is 11.6 Å². The normalized spacial score (nSPS) is 11.2. The minimum absolute atomic E-state index is 0.649. The fraction of sp³-hybridized carbons (Fsp3) is 0.429. The molecule has 0 saturated heterocycles. The van der Waals surface area contributed by atoms with E-state index in [1.807, 2.05) is 12.1 Å². The Hall–Kier alpha value is -1.19. The Morgan fingerprint density at radius 1 is 1.39 bits per heavy atom. The largest absolute Gasteiger partial charge is 0.495 e. The van der Waals surface area contributed by atoms with Crippen LogP contribution in [0.3, 0.4) is 0 Å². The summed E-state index contributed by atoms with van der Waals surface area (Å²) >= 11 is 6.18. The van der Waals surface area contributed by atoms with Gasteiger partial charge in [0.05, 0.1) is 12.1 Å². The number of ether oxygens (including phenoxy) is 1. The summed E-state index contributed by atoms with van der Waals surface area (Å²) in [7, 11) is 3.71. The van der Waals surface area contributed by atoms with Gasteiger partial charge in [0.2, 0.25) is 0 Å². The SMILES string of the molecule is COc1cc2c(C)c(CCCN)n(C)c2cc1Cl. The van der Waals surface area contributed by atoms with Crippen molar-refractivity contribution >= 4 is 22.5 Å². The van der Waals surface area contributed by atoms with Gasteiger partial charge in [-0.3, -0.25) is 0 Å². The third-order valence-corrected chi connectivity index (χ3v) is 3.79. The van der Waals surface area contributed by atoms with Crippen LogP contribution in [0.4, 0.5) is 0 Å². The molecule has 0 fully saturated rings. The van der Waals surface area contributed by atoms with E-state index < -0.39 is 0 Å². The van der Waals surface area contributed by atoms with E-state index in [0.29, 0.717) is 11.6 Å². The van der Waals surface area contributed by atoms with Crippen molar-refractivity contribution in [2.75, 3.05) is 13.7 Å². The van der Waals surface area contributed by atoms with E-state index in [0.717, 1.165) is 24.1 Å². The Bertz CT molecular complexity index is 575. The third-order valence-electron chi connectivity index (χ3n) is 3.49. The quantitative estimate of drug-likeness (QED) is 0.924. The number of benzene rings is 1. The number of fused-ring (bicyclic) bond motifs is 1. The number of nitrogens with two attached hydrogens (primary N) is 1. The second kappa shape index (κ2) is 5.21. The Balaban J connectivity index is 2.62. The van der Waals surface area contributed by atoms with Crippen molar-refractivity contribution in [1.82, 2.24) is 4.57 Å². The van der Waals surface area contributed by atoms with Crippen LogP contribution < -0.4 is 10.5 Å². The fourth-order valence-electron chi connectivity index (χ4n) is 2.45. The van der Waals surface area contributed by atoms with Gasteiger partial charge in [0.1, 0.15) is 5.75 Å². The van der Waals surface area contributed by atoms with Crippen molar-refractivity contribution in [2.45, 2.75) is 19.8 Å². The monoisotopic (exact) mass is 266 g/mol. The lowest BCUT2D eigenvalue weighted by atomic mass is 10.1. The van der Waals surface area contributed by atoms with Crippen LogP contribution in [0.5, 0.6) is 5.75 Å². The van der Waals surface area contributed by atoms with Gasteiger partial charge >= 0.3 is 0 Å². The van der Waals surface area contributed by atoms with Gasteiger partial charge in [-0.25, -0.2) is 0 Å². The van der Waals surface area contributed by atoms with E-state index in [2.05, 4.69) is 18.5 Å². The van der Waals surface area contributed by atoms with E-state index in [1.165, 1.54) is 16.6 Å². The van der Waals surface area contributed by atoms with Gasteiger partial charge in [-0.1, -0.05) is 11.6 Å². The van der Waals surface area contributed by atoms with E-state index >= 15 is 0 Å². The molecule has 0 radical (unpaired) electrons. The summed E-state index contributed by atoms with van der Waals surface area (Å²) in [6.07, 6.45) is 1.99. The smallest absolute Gasteiger partial charge is 0.138 e. The summed E-state index contributed by atoms with van der Waals surface area (Å²) in [5.41, 5.74) is 9.34. The number of aryl methyl sites for hydroxylation is 2. The predicted molar refractivity (Wildman–Crippen MR) is 76.6 cm³/mol. The highest BCUT2D eigenvalue weighted by Gasteiger charge is 2.14. The minimum atomic E-state index is 0.649. The maximum atomic E-state index is 6.18. The Labute approximate surface area is 112 Å². The maximum absolute atomic E-state index is 6.18. The molecule has 98 valence electrons. The molecule has 0 unspecified atom stereocenters. The zero-order valence-electron chi connectivity index (χ0n) is 11.1. The first-order valence-corrected chi connectivity index (χ1v) is 6.49. The number of nitrogens with zero attached hydrogens (tertiary/aromatic N) is 1. The fourth-order valence-corrected chi connectivity index (χ4v) is 2.69. The molecule has 4 heteroatoms. The van der Waals surface area contributed by atoms with Crippen LogP contribution in [0, 0.1) is 6.92 Å². The molecule has 3 nitrogen and oxygen atoms in total. The van der Waals surface area contributed by atoms with Gasteiger partial charge in [-0.2, -0.15) is 0 Å². The molecule has 2 aromatic rings. The number of rotatable bonds is 4. The third kappa shape index (κ3) is 2.08. The average molecular weight is 267 g/mol. The second-order valence-electron chi connectivity index (χ2n) is 4.53. The molecule has 2 N–H and O–H groups in total. The Morgan fingerprint density at radius 2 is 2.11 bits per heavy atom. The highest BCUT2D eigenvalue weighted by molar-refractivity contribution is 6.32. The van der Waals surface area contributed by atoms with E-state index in [-0.39, 0.29) is 0 Å². The Morgan fingerprint density at radius 3 is 2.72 bits per heavy atom. The van der Waals surface area contributed by atoms with Crippen LogP contribution in [0.15, 0.2) is 12.1 Å². The molecule has 0 atom stereocenters. The number of aromatic nitrogens is 1. The summed E-state index contributed by atoms with van der Waals surface area (Å²) in [6, 6.07) is 3.98. The molecule has 18 heavy (non-hydrogen) atoms. The Kier molecular flexibility index (Phi) is 3.83. The number of methoxy groups -OCH3 is 1. The zero-order valence-corrected chi connectivity index (χ0v) is 11.8. The lowest BCUT2D eigenvalue weighted by Crippen LogP contribution is -2.04. The summed E-state index contributed by atoms with van der Waals surface area (Å²) in [4.78, 5) is 0. The molecule has 0 aliphatic heterocycles. The molecule has 1 heterocycles. The molecular formula is C14H19ClN2O. The molecule has 1 aromatic heterocycles. The van der Waals surface area contributed by atoms with Gasteiger partial charge in [-0.05, 0) is 44.0 Å². The summed E-state index contributed by atoms with van der Waals surface area (Å²) in [5, 5.41) is 1.85. The first-order chi connectivity index (χ1) is 8.60. The molecule has 1 aromatic carbocycles. The van der Waals surface area contributed by atoms with Crippen LogP contribution in [0.25, 0.3) is 10.9 Å². The van der Waals surface area contributed by atoms with Crippen molar-refractivity contribution in [1.29, 1.82) is 0 Å². The first kappa shape index (κ1) is 13.2. The summed E-state index contributed by atoms with van der Waals surface area (Å²) < 4.78 is 7.48. The molecular weight excluding hydrogens is 248 g/mol. The maximum Gasteiger partial charge on any atom is 0.138 e. The lowest BCUT2D eigenvalue weighted by Gasteiger charge is -2.05. The minimum Gasteiger partial charge on any atom is -0.495 e. The average Bonchev–Trinajstić information content (AvgIpc) is 2.59.